The topological polar surface area (TPSA) is 38.8 Å². The molecule has 1 N–H and O–H groups in total. The van der Waals surface area contributed by atoms with E-state index in [2.05, 4.69) is 26.9 Å². The molecule has 5 nitrogen and oxygen atoms in total. The van der Waals surface area contributed by atoms with Gasteiger partial charge in [0.15, 0.2) is 0 Å². The molecule has 0 radical (unpaired) electrons. The van der Waals surface area contributed by atoms with E-state index in [-0.39, 0.29) is 0 Å². The van der Waals surface area contributed by atoms with Crippen LogP contribution in [-0.4, -0.2) is 85.0 Å². The van der Waals surface area contributed by atoms with E-state index in [0.29, 0.717) is 18.5 Å². The molecule has 0 aromatic heterocycles. The van der Waals surface area contributed by atoms with Gasteiger partial charge in [-0.1, -0.05) is 19.3 Å². The van der Waals surface area contributed by atoms with E-state index in [9.17, 15) is 4.79 Å². The summed E-state index contributed by atoms with van der Waals surface area (Å²) in [6.07, 6.45) is 7.64. The van der Waals surface area contributed by atoms with E-state index >= 15 is 0 Å². The Morgan fingerprint density at radius 1 is 1.09 bits per heavy atom. The van der Waals surface area contributed by atoms with Gasteiger partial charge in [-0.2, -0.15) is 0 Å². The third-order valence-electron chi connectivity index (χ3n) is 5.99. The van der Waals surface area contributed by atoms with Gasteiger partial charge in [0.2, 0.25) is 5.91 Å². The van der Waals surface area contributed by atoms with Gasteiger partial charge >= 0.3 is 0 Å². The maximum absolute atomic E-state index is 12.7. The fourth-order valence-corrected chi connectivity index (χ4v) is 4.55. The summed E-state index contributed by atoms with van der Waals surface area (Å²) in [6, 6.07) is 1.23. The lowest BCUT2D eigenvalue weighted by atomic mass is 9.94. The Bertz CT molecular complexity index is 369. The van der Waals surface area contributed by atoms with E-state index < -0.39 is 0 Å². The number of hydrogen-bond acceptors (Lipinski definition) is 4. The SMILES string of the molecule is CCN(C(=O)CN1CCN(C2CCNC2)CC1)C1CCCCC1. The summed E-state index contributed by atoms with van der Waals surface area (Å²) in [5.74, 6) is 0.357. The number of nitrogens with one attached hydrogen (secondary N) is 1. The summed E-state index contributed by atoms with van der Waals surface area (Å²) < 4.78 is 0. The number of nitrogens with zero attached hydrogens (tertiary/aromatic N) is 3. The first-order valence-corrected chi connectivity index (χ1v) is 9.74. The van der Waals surface area contributed by atoms with Crippen molar-refractivity contribution in [3.05, 3.63) is 0 Å². The zero-order valence-electron chi connectivity index (χ0n) is 14.8. The van der Waals surface area contributed by atoms with Crippen molar-refractivity contribution in [2.75, 3.05) is 52.4 Å². The molecule has 0 spiro atoms. The fraction of sp³-hybridized carbons (Fsp3) is 0.944. The molecular weight excluding hydrogens is 288 g/mol. The quantitative estimate of drug-likeness (QED) is 0.824. The lowest BCUT2D eigenvalue weighted by Crippen LogP contribution is -2.54. The van der Waals surface area contributed by atoms with Gasteiger partial charge in [-0.3, -0.25) is 14.6 Å². The van der Waals surface area contributed by atoms with Crippen LogP contribution in [0.15, 0.2) is 0 Å². The van der Waals surface area contributed by atoms with Gasteiger partial charge in [0, 0.05) is 51.4 Å². The summed E-state index contributed by atoms with van der Waals surface area (Å²) in [7, 11) is 0. The zero-order valence-corrected chi connectivity index (χ0v) is 14.8. The Hall–Kier alpha value is -0.650. The minimum Gasteiger partial charge on any atom is -0.339 e. The van der Waals surface area contributed by atoms with E-state index in [1.165, 1.54) is 38.5 Å². The van der Waals surface area contributed by atoms with Crippen molar-refractivity contribution in [2.45, 2.75) is 57.5 Å². The number of amides is 1. The van der Waals surface area contributed by atoms with Crippen LogP contribution in [0, 0.1) is 0 Å². The Morgan fingerprint density at radius 2 is 1.83 bits per heavy atom. The molecule has 1 unspecified atom stereocenters. The van der Waals surface area contributed by atoms with Crippen molar-refractivity contribution < 1.29 is 4.79 Å². The molecule has 0 aromatic rings. The highest BCUT2D eigenvalue weighted by atomic mass is 16.2. The number of carbonyl (C=O) groups is 1. The molecule has 0 bridgehead atoms. The molecule has 3 rings (SSSR count). The molecule has 1 amide bonds. The molecule has 23 heavy (non-hydrogen) atoms. The Balaban J connectivity index is 1.44. The highest BCUT2D eigenvalue weighted by Gasteiger charge is 2.29. The molecular formula is C18H34N4O. The Labute approximate surface area is 141 Å². The monoisotopic (exact) mass is 322 g/mol. The molecule has 3 fully saturated rings. The van der Waals surface area contributed by atoms with E-state index in [0.717, 1.165) is 51.9 Å². The molecule has 2 saturated heterocycles. The molecule has 2 aliphatic heterocycles. The van der Waals surface area contributed by atoms with Crippen LogP contribution in [0.2, 0.25) is 0 Å². The number of rotatable bonds is 5. The molecule has 1 saturated carbocycles. The predicted molar refractivity (Wildman–Crippen MR) is 93.5 cm³/mol. The highest BCUT2D eigenvalue weighted by molar-refractivity contribution is 5.78. The van der Waals surface area contributed by atoms with Crippen LogP contribution >= 0.6 is 0 Å². The first-order valence-electron chi connectivity index (χ1n) is 9.74. The number of likely N-dealkylation sites (N-methyl/N-ethyl adjacent to an activating group) is 1. The van der Waals surface area contributed by atoms with Crippen molar-refractivity contribution >= 4 is 5.91 Å². The second kappa shape index (κ2) is 8.45. The Morgan fingerprint density at radius 3 is 2.43 bits per heavy atom. The van der Waals surface area contributed by atoms with Crippen molar-refractivity contribution in [2.24, 2.45) is 0 Å². The maximum Gasteiger partial charge on any atom is 0.236 e. The molecule has 132 valence electrons. The lowest BCUT2D eigenvalue weighted by Gasteiger charge is -2.39. The fourth-order valence-electron chi connectivity index (χ4n) is 4.55. The smallest absolute Gasteiger partial charge is 0.236 e. The molecule has 2 heterocycles. The van der Waals surface area contributed by atoms with Gasteiger partial charge in [-0.05, 0) is 32.7 Å². The minimum absolute atomic E-state index is 0.357. The van der Waals surface area contributed by atoms with Crippen LogP contribution in [-0.2, 0) is 4.79 Å². The minimum atomic E-state index is 0.357. The number of carbonyl (C=O) groups excluding carboxylic acids is 1. The van der Waals surface area contributed by atoms with Crippen LogP contribution in [0.25, 0.3) is 0 Å². The average Bonchev–Trinajstić information content (AvgIpc) is 3.12. The van der Waals surface area contributed by atoms with Crippen LogP contribution in [0.4, 0.5) is 0 Å². The first kappa shape index (κ1) is 17.2. The predicted octanol–water partition coefficient (Wildman–Crippen LogP) is 1.15. The number of hydrogen-bond donors (Lipinski definition) is 1. The number of piperazine rings is 1. The van der Waals surface area contributed by atoms with Crippen molar-refractivity contribution in [3.8, 4) is 0 Å². The highest BCUT2D eigenvalue weighted by Crippen LogP contribution is 2.23. The normalized spacial score (nSPS) is 28.1. The van der Waals surface area contributed by atoms with Crippen LogP contribution < -0.4 is 5.32 Å². The van der Waals surface area contributed by atoms with Crippen LogP contribution in [0.3, 0.4) is 0 Å². The van der Waals surface area contributed by atoms with Gasteiger partial charge in [-0.25, -0.2) is 0 Å². The standard InChI is InChI=1S/C18H34N4O/c1-2-22(16-6-4-3-5-7-16)18(23)15-20-10-12-21(13-11-20)17-8-9-19-14-17/h16-17,19H,2-15H2,1H3. The van der Waals surface area contributed by atoms with Gasteiger partial charge in [0.25, 0.3) is 0 Å². The van der Waals surface area contributed by atoms with Gasteiger partial charge < -0.3 is 10.2 Å². The summed E-state index contributed by atoms with van der Waals surface area (Å²) >= 11 is 0. The van der Waals surface area contributed by atoms with Crippen molar-refractivity contribution in [1.82, 2.24) is 20.0 Å². The van der Waals surface area contributed by atoms with E-state index in [1.54, 1.807) is 0 Å². The van der Waals surface area contributed by atoms with Crippen LogP contribution in [0.5, 0.6) is 0 Å². The zero-order chi connectivity index (χ0) is 16.1. The van der Waals surface area contributed by atoms with E-state index in [4.69, 9.17) is 0 Å². The van der Waals surface area contributed by atoms with Crippen molar-refractivity contribution in [1.29, 1.82) is 0 Å². The molecule has 0 aromatic carbocycles. The Kier molecular flexibility index (Phi) is 6.31. The lowest BCUT2D eigenvalue weighted by molar-refractivity contribution is -0.135. The van der Waals surface area contributed by atoms with Crippen molar-refractivity contribution in [3.63, 3.8) is 0 Å². The van der Waals surface area contributed by atoms with Gasteiger partial charge in [0.1, 0.15) is 0 Å². The summed E-state index contributed by atoms with van der Waals surface area (Å²) in [6.45, 7) is 10.3. The largest absolute Gasteiger partial charge is 0.339 e. The second-order valence-electron chi connectivity index (χ2n) is 7.43. The molecule has 1 aliphatic carbocycles. The third-order valence-corrected chi connectivity index (χ3v) is 5.99. The van der Waals surface area contributed by atoms with Gasteiger partial charge in [-0.15, -0.1) is 0 Å². The third kappa shape index (κ3) is 4.46. The van der Waals surface area contributed by atoms with E-state index in [1.807, 2.05) is 0 Å². The second-order valence-corrected chi connectivity index (χ2v) is 7.43. The average molecular weight is 322 g/mol. The van der Waals surface area contributed by atoms with Crippen LogP contribution in [0.1, 0.15) is 45.4 Å². The summed E-state index contributed by atoms with van der Waals surface area (Å²) in [5, 5.41) is 3.46. The first-order chi connectivity index (χ1) is 11.3. The van der Waals surface area contributed by atoms with Gasteiger partial charge in [0.05, 0.1) is 6.54 Å². The molecule has 1 atom stereocenters. The molecule has 3 aliphatic rings. The maximum atomic E-state index is 12.7. The molecule has 5 heteroatoms. The summed E-state index contributed by atoms with van der Waals surface area (Å²) in [5.41, 5.74) is 0. The summed E-state index contributed by atoms with van der Waals surface area (Å²) in [4.78, 5) is 19.9.